The van der Waals surface area contributed by atoms with E-state index in [1.807, 2.05) is 18.9 Å². The zero-order valence-electron chi connectivity index (χ0n) is 9.14. The summed E-state index contributed by atoms with van der Waals surface area (Å²) in [4.78, 5) is 0. The molecule has 1 atom stereocenters. The Morgan fingerprint density at radius 2 is 2.00 bits per heavy atom. The van der Waals surface area contributed by atoms with E-state index in [1.165, 1.54) is 19.3 Å². The first-order valence-corrected chi connectivity index (χ1v) is 5.45. The van der Waals surface area contributed by atoms with Crippen LogP contribution in [0.3, 0.4) is 0 Å². The molecule has 0 bridgehead atoms. The Bertz CT molecular complexity index is 154. The normalized spacial score (nSPS) is 30.9. The molecule has 0 aromatic carbocycles. The van der Waals surface area contributed by atoms with Crippen LogP contribution in [-0.2, 0) is 0 Å². The molecule has 3 N–H and O–H groups in total. The summed E-state index contributed by atoms with van der Waals surface area (Å²) in [5.74, 6) is 5.66. The van der Waals surface area contributed by atoms with E-state index >= 15 is 0 Å². The van der Waals surface area contributed by atoms with Crippen LogP contribution >= 0.6 is 0 Å². The summed E-state index contributed by atoms with van der Waals surface area (Å²) in [6.45, 7) is 8.37. The van der Waals surface area contributed by atoms with Crippen LogP contribution in [0.25, 0.3) is 0 Å². The Balaban J connectivity index is 0.000000396. The van der Waals surface area contributed by atoms with Crippen LogP contribution in [0.5, 0.6) is 0 Å². The molecule has 1 unspecified atom stereocenters. The lowest BCUT2D eigenvalue weighted by molar-refractivity contribution is 0.333. The van der Waals surface area contributed by atoms with Crippen molar-refractivity contribution in [2.75, 3.05) is 13.1 Å². The van der Waals surface area contributed by atoms with Crippen LogP contribution in [-0.4, -0.2) is 29.7 Å². The van der Waals surface area contributed by atoms with E-state index in [-0.39, 0.29) is 0 Å². The van der Waals surface area contributed by atoms with E-state index in [9.17, 15) is 0 Å². The molecular weight excluding hydrogens is 162 g/mol. The van der Waals surface area contributed by atoms with Crippen LogP contribution < -0.4 is 11.2 Å². The van der Waals surface area contributed by atoms with Crippen LogP contribution in [0.1, 0.15) is 40.0 Å². The van der Waals surface area contributed by atoms with E-state index in [0.717, 1.165) is 13.1 Å². The second-order valence-electron chi connectivity index (χ2n) is 4.19. The Morgan fingerprint density at radius 1 is 1.38 bits per heavy atom. The molecule has 78 valence electrons. The minimum atomic E-state index is 0.468. The minimum Gasteiger partial charge on any atom is -0.307 e. The molecule has 1 saturated heterocycles. The maximum Gasteiger partial charge on any atom is 0.0283 e. The summed E-state index contributed by atoms with van der Waals surface area (Å²) in [7, 11) is 0. The van der Waals surface area contributed by atoms with Gasteiger partial charge in [0, 0.05) is 24.7 Å². The SMILES string of the molecule is CC.CC1(NC2CCN(N)C2)CC1. The molecule has 2 fully saturated rings. The standard InChI is InChI=1S/C8H17N3.C2H6/c1-8(3-4-8)10-7-2-5-11(9)6-7;1-2/h7,10H,2-6,9H2,1H3;1-2H3. The third-order valence-corrected chi connectivity index (χ3v) is 2.77. The van der Waals surface area contributed by atoms with Crippen molar-refractivity contribution in [2.24, 2.45) is 5.84 Å². The number of nitrogens with zero attached hydrogens (tertiary/aromatic N) is 1. The van der Waals surface area contributed by atoms with E-state index in [0.29, 0.717) is 11.6 Å². The van der Waals surface area contributed by atoms with Gasteiger partial charge in [0.05, 0.1) is 0 Å². The lowest BCUT2D eigenvalue weighted by Crippen LogP contribution is -2.41. The van der Waals surface area contributed by atoms with Crippen molar-refractivity contribution in [3.63, 3.8) is 0 Å². The predicted octanol–water partition coefficient (Wildman–Crippen LogP) is 1.10. The summed E-state index contributed by atoms with van der Waals surface area (Å²) in [6.07, 6.45) is 3.90. The van der Waals surface area contributed by atoms with Gasteiger partial charge in [-0.1, -0.05) is 13.8 Å². The molecule has 1 heterocycles. The molecule has 0 spiro atoms. The van der Waals surface area contributed by atoms with Gasteiger partial charge in [0.1, 0.15) is 0 Å². The topological polar surface area (TPSA) is 41.3 Å². The van der Waals surface area contributed by atoms with Gasteiger partial charge < -0.3 is 5.32 Å². The highest BCUT2D eigenvalue weighted by Crippen LogP contribution is 2.35. The van der Waals surface area contributed by atoms with Crippen LogP contribution in [0.2, 0.25) is 0 Å². The van der Waals surface area contributed by atoms with Gasteiger partial charge in [-0.3, -0.25) is 5.84 Å². The van der Waals surface area contributed by atoms with Gasteiger partial charge in [0.2, 0.25) is 0 Å². The summed E-state index contributed by atoms with van der Waals surface area (Å²) in [5.41, 5.74) is 0.468. The third-order valence-electron chi connectivity index (χ3n) is 2.77. The smallest absolute Gasteiger partial charge is 0.0283 e. The van der Waals surface area contributed by atoms with E-state index in [2.05, 4.69) is 12.2 Å². The number of rotatable bonds is 2. The van der Waals surface area contributed by atoms with Gasteiger partial charge in [-0.25, -0.2) is 5.01 Å². The van der Waals surface area contributed by atoms with Crippen LogP contribution in [0.15, 0.2) is 0 Å². The van der Waals surface area contributed by atoms with Gasteiger partial charge in [-0.05, 0) is 26.2 Å². The molecule has 1 saturated carbocycles. The van der Waals surface area contributed by atoms with Gasteiger partial charge in [-0.15, -0.1) is 0 Å². The van der Waals surface area contributed by atoms with E-state index in [4.69, 9.17) is 5.84 Å². The number of nitrogens with one attached hydrogen (secondary N) is 1. The Labute approximate surface area is 81.6 Å². The maximum atomic E-state index is 5.66. The molecule has 0 amide bonds. The van der Waals surface area contributed by atoms with Gasteiger partial charge in [0.25, 0.3) is 0 Å². The lowest BCUT2D eigenvalue weighted by atomic mass is 10.2. The van der Waals surface area contributed by atoms with Crippen molar-refractivity contribution < 1.29 is 0 Å². The number of hydrogen-bond donors (Lipinski definition) is 2. The third kappa shape index (κ3) is 3.25. The average Bonchev–Trinajstić information content (AvgIpc) is 2.69. The van der Waals surface area contributed by atoms with Crippen molar-refractivity contribution in [2.45, 2.75) is 51.6 Å². The van der Waals surface area contributed by atoms with E-state index < -0.39 is 0 Å². The van der Waals surface area contributed by atoms with E-state index in [1.54, 1.807) is 0 Å². The highest BCUT2D eigenvalue weighted by Gasteiger charge is 2.39. The fraction of sp³-hybridized carbons (Fsp3) is 1.00. The first-order chi connectivity index (χ1) is 6.18. The summed E-state index contributed by atoms with van der Waals surface area (Å²) >= 11 is 0. The number of nitrogens with two attached hydrogens (primary N) is 1. The van der Waals surface area contributed by atoms with Crippen molar-refractivity contribution >= 4 is 0 Å². The summed E-state index contributed by atoms with van der Waals surface area (Å²) in [6, 6.07) is 0.646. The lowest BCUT2D eigenvalue weighted by Gasteiger charge is -2.17. The average molecular weight is 185 g/mol. The molecule has 3 nitrogen and oxygen atoms in total. The van der Waals surface area contributed by atoms with Gasteiger partial charge >= 0.3 is 0 Å². The van der Waals surface area contributed by atoms with Gasteiger partial charge in [-0.2, -0.15) is 0 Å². The second kappa shape index (κ2) is 4.40. The molecule has 0 aromatic heterocycles. The van der Waals surface area contributed by atoms with Crippen molar-refractivity contribution in [1.29, 1.82) is 0 Å². The highest BCUT2D eigenvalue weighted by atomic mass is 15.4. The zero-order chi connectivity index (χ0) is 9.90. The van der Waals surface area contributed by atoms with Gasteiger partial charge in [0.15, 0.2) is 0 Å². The zero-order valence-corrected chi connectivity index (χ0v) is 9.14. The molecule has 3 heteroatoms. The monoisotopic (exact) mass is 185 g/mol. The first-order valence-electron chi connectivity index (χ1n) is 5.45. The molecule has 1 aliphatic heterocycles. The molecular formula is C10H23N3. The molecule has 0 aromatic rings. The fourth-order valence-electron chi connectivity index (χ4n) is 1.73. The highest BCUT2D eigenvalue weighted by molar-refractivity contribution is 5.00. The van der Waals surface area contributed by atoms with Crippen LogP contribution in [0, 0.1) is 0 Å². The largest absolute Gasteiger partial charge is 0.307 e. The maximum absolute atomic E-state index is 5.66. The Kier molecular flexibility index (Phi) is 3.71. The molecule has 1 aliphatic carbocycles. The van der Waals surface area contributed by atoms with Crippen LogP contribution in [0.4, 0.5) is 0 Å². The molecule has 13 heavy (non-hydrogen) atoms. The summed E-state index contributed by atoms with van der Waals surface area (Å²) in [5, 5.41) is 5.54. The quantitative estimate of drug-likeness (QED) is 0.633. The minimum absolute atomic E-state index is 0.468. The molecule has 2 rings (SSSR count). The van der Waals surface area contributed by atoms with Crippen molar-refractivity contribution in [3.8, 4) is 0 Å². The van der Waals surface area contributed by atoms with Crippen molar-refractivity contribution in [3.05, 3.63) is 0 Å². The number of hydrogen-bond acceptors (Lipinski definition) is 3. The molecule has 2 aliphatic rings. The summed E-state index contributed by atoms with van der Waals surface area (Å²) < 4.78 is 0. The fourth-order valence-corrected chi connectivity index (χ4v) is 1.73. The molecule has 0 radical (unpaired) electrons. The Hall–Kier alpha value is -0.120. The van der Waals surface area contributed by atoms with Crippen molar-refractivity contribution in [1.82, 2.24) is 10.3 Å². The predicted molar refractivity (Wildman–Crippen MR) is 56.3 cm³/mol. The number of hydrazine groups is 1. The first kappa shape index (κ1) is 11.0. The Morgan fingerprint density at radius 3 is 2.38 bits per heavy atom. The second-order valence-corrected chi connectivity index (χ2v) is 4.19.